The summed E-state index contributed by atoms with van der Waals surface area (Å²) in [5.74, 6) is -2.74. The van der Waals surface area contributed by atoms with Crippen molar-refractivity contribution in [1.82, 2.24) is 9.58 Å². The number of nitrogens with zero attached hydrogens (tertiary/aromatic N) is 3. The minimum absolute atomic E-state index is 0.163. The first-order valence-electron chi connectivity index (χ1n) is 10.8. The first-order valence-corrected chi connectivity index (χ1v) is 11.8. The van der Waals surface area contributed by atoms with Gasteiger partial charge in [-0.25, -0.2) is 8.78 Å². The van der Waals surface area contributed by atoms with Crippen LogP contribution in [0.3, 0.4) is 0 Å². The summed E-state index contributed by atoms with van der Waals surface area (Å²) in [4.78, 5) is 28.0. The second kappa shape index (κ2) is 7.85. The summed E-state index contributed by atoms with van der Waals surface area (Å²) in [7, 11) is 0. The number of pyridine rings is 1. The number of benzene rings is 2. The van der Waals surface area contributed by atoms with E-state index in [2.05, 4.69) is 0 Å². The largest absolute Gasteiger partial charge is 0.502 e. The van der Waals surface area contributed by atoms with Crippen LogP contribution < -0.4 is 10.4 Å². The van der Waals surface area contributed by atoms with Crippen LogP contribution in [0.15, 0.2) is 58.4 Å². The lowest BCUT2D eigenvalue weighted by molar-refractivity contribution is -0.0197. The van der Waals surface area contributed by atoms with Crippen molar-refractivity contribution in [2.24, 2.45) is 0 Å². The Morgan fingerprint density at radius 3 is 2.74 bits per heavy atom. The van der Waals surface area contributed by atoms with Crippen molar-refractivity contribution in [2.75, 3.05) is 24.8 Å². The number of hydrogen-bond acceptors (Lipinski definition) is 6. The molecule has 7 nitrogen and oxygen atoms in total. The number of amides is 1. The van der Waals surface area contributed by atoms with E-state index in [-0.39, 0.29) is 30.2 Å². The van der Waals surface area contributed by atoms with E-state index >= 15 is 4.39 Å². The summed E-state index contributed by atoms with van der Waals surface area (Å²) >= 11 is 1.41. The monoisotopic (exact) mass is 483 g/mol. The van der Waals surface area contributed by atoms with Crippen LogP contribution >= 0.6 is 11.8 Å². The number of ether oxygens (including phenoxy) is 1. The quantitative estimate of drug-likeness (QED) is 0.574. The van der Waals surface area contributed by atoms with Gasteiger partial charge in [-0.05, 0) is 23.3 Å². The van der Waals surface area contributed by atoms with Gasteiger partial charge in [0, 0.05) is 35.0 Å². The maximum atomic E-state index is 15.1. The standard InChI is InChI=1S/C24H19F2N3O4S/c25-16-6-5-13-15(20(16)26)12-34-18-4-2-1-3-14(18)21(13)29-19-11-33-10-9-27(19)24(32)22-23(31)17(30)7-8-28(22)29/h1-8,19,21,31H,9-12H2/t19?,21-/m0/s1. The molecule has 2 atom stereocenters. The van der Waals surface area contributed by atoms with Crippen LogP contribution in [0.4, 0.5) is 8.78 Å². The smallest absolute Gasteiger partial charge is 0.278 e. The first kappa shape index (κ1) is 21.2. The molecule has 1 N–H and O–H groups in total. The van der Waals surface area contributed by atoms with E-state index in [4.69, 9.17) is 4.74 Å². The molecule has 0 aliphatic carbocycles. The Bertz CT molecular complexity index is 1400. The van der Waals surface area contributed by atoms with Gasteiger partial charge in [0.15, 0.2) is 23.1 Å². The molecule has 3 aliphatic heterocycles. The third kappa shape index (κ3) is 2.98. The molecule has 4 heterocycles. The number of aromatic hydroxyl groups is 1. The molecule has 1 saturated heterocycles. The number of hydrogen-bond donors (Lipinski definition) is 1. The number of fused-ring (bicyclic) bond motifs is 4. The lowest BCUT2D eigenvalue weighted by Crippen LogP contribution is -2.66. The lowest BCUT2D eigenvalue weighted by Gasteiger charge is -2.51. The van der Waals surface area contributed by atoms with E-state index in [9.17, 15) is 19.1 Å². The summed E-state index contributed by atoms with van der Waals surface area (Å²) in [6, 6.07) is 10.8. The van der Waals surface area contributed by atoms with Crippen LogP contribution in [0, 0.1) is 11.6 Å². The van der Waals surface area contributed by atoms with Gasteiger partial charge in [0.1, 0.15) is 6.17 Å². The Balaban J connectivity index is 1.67. The molecule has 34 heavy (non-hydrogen) atoms. The van der Waals surface area contributed by atoms with Gasteiger partial charge in [0.25, 0.3) is 5.91 Å². The van der Waals surface area contributed by atoms with Crippen LogP contribution in [-0.4, -0.2) is 46.5 Å². The zero-order chi connectivity index (χ0) is 23.6. The van der Waals surface area contributed by atoms with Gasteiger partial charge in [-0.3, -0.25) is 19.3 Å². The average molecular weight is 483 g/mol. The molecule has 3 aromatic rings. The predicted molar refractivity (Wildman–Crippen MR) is 120 cm³/mol. The number of morpholine rings is 1. The Morgan fingerprint density at radius 2 is 1.88 bits per heavy atom. The lowest BCUT2D eigenvalue weighted by atomic mass is 9.93. The van der Waals surface area contributed by atoms with Crippen LogP contribution in [0.25, 0.3) is 0 Å². The van der Waals surface area contributed by atoms with Crippen molar-refractivity contribution in [2.45, 2.75) is 22.9 Å². The average Bonchev–Trinajstić information content (AvgIpc) is 3.01. The molecular weight excluding hydrogens is 464 g/mol. The summed E-state index contributed by atoms with van der Waals surface area (Å²) in [6.45, 7) is 0.737. The highest BCUT2D eigenvalue weighted by Crippen LogP contribution is 2.45. The highest BCUT2D eigenvalue weighted by Gasteiger charge is 2.46. The topological polar surface area (TPSA) is 75.0 Å². The summed E-state index contributed by atoms with van der Waals surface area (Å²) in [5.41, 5.74) is 0.778. The molecule has 10 heteroatoms. The van der Waals surface area contributed by atoms with E-state index in [1.807, 2.05) is 29.3 Å². The van der Waals surface area contributed by atoms with Gasteiger partial charge in [-0.2, -0.15) is 0 Å². The molecule has 1 unspecified atom stereocenters. The van der Waals surface area contributed by atoms with Crippen molar-refractivity contribution < 1.29 is 23.4 Å². The van der Waals surface area contributed by atoms with E-state index in [1.165, 1.54) is 28.7 Å². The fourth-order valence-corrected chi connectivity index (χ4v) is 6.10. The molecule has 174 valence electrons. The molecule has 0 saturated carbocycles. The SMILES string of the molecule is O=C1c2c(O)c(=O)ccn2N([C@@H]2c3ccccc3SCc3c2ccc(F)c3F)C2COCCN12. The van der Waals surface area contributed by atoms with Crippen LogP contribution in [0.2, 0.25) is 0 Å². The van der Waals surface area contributed by atoms with Crippen molar-refractivity contribution in [3.05, 3.63) is 92.9 Å². The molecule has 3 aliphatic rings. The fraction of sp³-hybridized carbons (Fsp3) is 0.250. The summed E-state index contributed by atoms with van der Waals surface area (Å²) in [5, 5.41) is 12.4. The van der Waals surface area contributed by atoms with E-state index in [1.54, 1.807) is 11.0 Å². The number of carbonyl (C=O) groups is 1. The number of halogens is 2. The maximum Gasteiger partial charge on any atom is 0.278 e. The Morgan fingerprint density at radius 1 is 1.06 bits per heavy atom. The van der Waals surface area contributed by atoms with Gasteiger partial charge in [0.05, 0.1) is 19.3 Å². The Labute approximate surface area is 197 Å². The van der Waals surface area contributed by atoms with Crippen LogP contribution in [-0.2, 0) is 10.5 Å². The minimum Gasteiger partial charge on any atom is -0.502 e. The van der Waals surface area contributed by atoms with Crippen molar-refractivity contribution in [3.8, 4) is 5.75 Å². The first-order chi connectivity index (χ1) is 16.5. The van der Waals surface area contributed by atoms with Crippen molar-refractivity contribution in [1.29, 1.82) is 0 Å². The van der Waals surface area contributed by atoms with Gasteiger partial charge >= 0.3 is 0 Å². The van der Waals surface area contributed by atoms with Crippen molar-refractivity contribution in [3.63, 3.8) is 0 Å². The highest BCUT2D eigenvalue weighted by atomic mass is 32.2. The van der Waals surface area contributed by atoms with E-state index in [0.29, 0.717) is 12.2 Å². The normalized spacial score (nSPS) is 21.3. The summed E-state index contributed by atoms with van der Waals surface area (Å²) in [6.07, 6.45) is 0.833. The minimum atomic E-state index is -0.929. The highest BCUT2D eigenvalue weighted by molar-refractivity contribution is 7.98. The van der Waals surface area contributed by atoms with E-state index < -0.39 is 40.9 Å². The molecule has 0 radical (unpaired) electrons. The molecule has 0 spiro atoms. The zero-order valence-corrected chi connectivity index (χ0v) is 18.6. The second-order valence-corrected chi connectivity index (χ2v) is 9.33. The summed E-state index contributed by atoms with van der Waals surface area (Å²) < 4.78 is 36.5. The second-order valence-electron chi connectivity index (χ2n) is 8.31. The molecular formula is C24H19F2N3O4S. The third-order valence-electron chi connectivity index (χ3n) is 6.55. The van der Waals surface area contributed by atoms with Gasteiger partial charge in [-0.15, -0.1) is 11.8 Å². The van der Waals surface area contributed by atoms with E-state index in [0.717, 1.165) is 16.5 Å². The third-order valence-corrected chi connectivity index (χ3v) is 7.67. The maximum absolute atomic E-state index is 15.1. The zero-order valence-electron chi connectivity index (χ0n) is 17.8. The van der Waals surface area contributed by atoms with Gasteiger partial charge in [0.2, 0.25) is 5.43 Å². The predicted octanol–water partition coefficient (Wildman–Crippen LogP) is 2.98. The Kier molecular flexibility index (Phi) is 4.89. The molecule has 1 amide bonds. The van der Waals surface area contributed by atoms with Crippen LogP contribution in [0.1, 0.15) is 33.2 Å². The molecule has 1 aromatic heterocycles. The van der Waals surface area contributed by atoms with Gasteiger partial charge < -0.3 is 14.7 Å². The molecule has 1 fully saturated rings. The number of rotatable bonds is 1. The molecule has 0 bridgehead atoms. The fourth-order valence-electron chi connectivity index (χ4n) is 4.98. The van der Waals surface area contributed by atoms with Crippen LogP contribution in [0.5, 0.6) is 5.75 Å². The van der Waals surface area contributed by atoms with Gasteiger partial charge in [-0.1, -0.05) is 24.3 Å². The molecule has 2 aromatic carbocycles. The number of thioether (sulfide) groups is 1. The number of carbonyl (C=O) groups excluding carboxylic acids is 1. The molecule has 6 rings (SSSR count). The van der Waals surface area contributed by atoms with Crippen molar-refractivity contribution >= 4 is 17.7 Å². The number of aromatic nitrogens is 1. The Hall–Kier alpha value is -3.37.